The van der Waals surface area contributed by atoms with Gasteiger partial charge in [0, 0.05) is 18.5 Å². The summed E-state index contributed by atoms with van der Waals surface area (Å²) in [7, 11) is 1.82. The van der Waals surface area contributed by atoms with Crippen LogP contribution in [-0.2, 0) is 6.54 Å². The molecule has 1 aromatic heterocycles. The van der Waals surface area contributed by atoms with Crippen LogP contribution >= 0.6 is 35.3 Å². The number of guanidine groups is 1. The Labute approximate surface area is 143 Å². The molecular formula is C15H24IN3S. The third kappa shape index (κ3) is 6.26. The summed E-state index contributed by atoms with van der Waals surface area (Å²) in [6, 6.07) is 4.21. The van der Waals surface area contributed by atoms with Crippen molar-refractivity contribution in [3.05, 3.63) is 34.0 Å². The average Bonchev–Trinajstić information content (AvgIpc) is 2.97. The minimum atomic E-state index is 0. The second kappa shape index (κ2) is 10.2. The van der Waals surface area contributed by atoms with Crippen LogP contribution in [0.1, 0.15) is 37.0 Å². The van der Waals surface area contributed by atoms with E-state index in [1.54, 1.807) is 16.9 Å². The number of hydrogen-bond donors (Lipinski definition) is 2. The van der Waals surface area contributed by atoms with Crippen LogP contribution in [0.2, 0.25) is 0 Å². The maximum Gasteiger partial charge on any atom is 0.191 e. The second-order valence-electron chi connectivity index (χ2n) is 4.79. The first-order chi connectivity index (χ1) is 9.38. The second-order valence-corrected chi connectivity index (χ2v) is 5.82. The lowest BCUT2D eigenvalue weighted by Crippen LogP contribution is -2.37. The number of nitrogens with zero attached hydrogens (tertiary/aromatic N) is 1. The van der Waals surface area contributed by atoms with Crippen molar-refractivity contribution in [2.75, 3.05) is 13.6 Å². The predicted molar refractivity (Wildman–Crippen MR) is 99.1 cm³/mol. The zero-order valence-corrected chi connectivity index (χ0v) is 15.2. The minimum absolute atomic E-state index is 0. The van der Waals surface area contributed by atoms with Crippen LogP contribution in [0.4, 0.5) is 0 Å². The van der Waals surface area contributed by atoms with Gasteiger partial charge in [-0.15, -0.1) is 35.3 Å². The van der Waals surface area contributed by atoms with Crippen molar-refractivity contribution in [2.24, 2.45) is 4.99 Å². The molecule has 0 amide bonds. The number of hydrogen-bond acceptors (Lipinski definition) is 2. The van der Waals surface area contributed by atoms with Crippen molar-refractivity contribution in [3.63, 3.8) is 0 Å². The fourth-order valence-electron chi connectivity index (χ4n) is 2.28. The number of halogens is 1. The Kier molecular flexibility index (Phi) is 8.93. The van der Waals surface area contributed by atoms with Crippen LogP contribution in [0.5, 0.6) is 0 Å². The van der Waals surface area contributed by atoms with Gasteiger partial charge in [-0.1, -0.05) is 17.7 Å². The molecule has 2 rings (SSSR count). The molecule has 0 aliphatic heterocycles. The molecule has 0 radical (unpaired) electrons. The topological polar surface area (TPSA) is 36.4 Å². The van der Waals surface area contributed by atoms with E-state index < -0.39 is 0 Å². The summed E-state index contributed by atoms with van der Waals surface area (Å²) in [6.45, 7) is 1.82. The molecule has 20 heavy (non-hydrogen) atoms. The van der Waals surface area contributed by atoms with Gasteiger partial charge in [0.2, 0.25) is 0 Å². The summed E-state index contributed by atoms with van der Waals surface area (Å²) in [6.07, 6.45) is 8.81. The Morgan fingerprint density at radius 1 is 1.35 bits per heavy atom. The van der Waals surface area contributed by atoms with Crippen molar-refractivity contribution < 1.29 is 0 Å². The molecule has 5 heteroatoms. The molecule has 1 heterocycles. The van der Waals surface area contributed by atoms with Gasteiger partial charge < -0.3 is 10.6 Å². The summed E-state index contributed by atoms with van der Waals surface area (Å²) in [5.74, 6) is 0.893. The van der Waals surface area contributed by atoms with E-state index in [1.165, 1.54) is 30.6 Å². The molecule has 0 aromatic carbocycles. The lowest BCUT2D eigenvalue weighted by atomic mass is 9.97. The van der Waals surface area contributed by atoms with Crippen LogP contribution in [0.3, 0.4) is 0 Å². The summed E-state index contributed by atoms with van der Waals surface area (Å²) >= 11 is 1.77. The van der Waals surface area contributed by atoms with E-state index >= 15 is 0 Å². The van der Waals surface area contributed by atoms with Gasteiger partial charge in [-0.25, -0.2) is 0 Å². The van der Waals surface area contributed by atoms with E-state index in [0.717, 1.165) is 25.5 Å². The van der Waals surface area contributed by atoms with Gasteiger partial charge in [0.25, 0.3) is 0 Å². The highest BCUT2D eigenvalue weighted by Crippen LogP contribution is 2.19. The first-order valence-corrected chi connectivity index (χ1v) is 7.91. The van der Waals surface area contributed by atoms with Gasteiger partial charge in [-0.3, -0.25) is 4.99 Å². The van der Waals surface area contributed by atoms with Crippen LogP contribution in [0, 0.1) is 0 Å². The third-order valence-electron chi connectivity index (χ3n) is 3.36. The average molecular weight is 405 g/mol. The van der Waals surface area contributed by atoms with Gasteiger partial charge >= 0.3 is 0 Å². The summed E-state index contributed by atoms with van der Waals surface area (Å²) in [4.78, 5) is 5.58. The van der Waals surface area contributed by atoms with Gasteiger partial charge in [-0.05, 0) is 43.6 Å². The van der Waals surface area contributed by atoms with Gasteiger partial charge in [0.1, 0.15) is 0 Å². The first-order valence-electron chi connectivity index (χ1n) is 7.03. The zero-order chi connectivity index (χ0) is 13.3. The van der Waals surface area contributed by atoms with Gasteiger partial charge in [-0.2, -0.15) is 0 Å². The number of aliphatic imine (C=N–C) groups is 1. The molecule has 0 unspecified atom stereocenters. The monoisotopic (exact) mass is 405 g/mol. The van der Waals surface area contributed by atoms with Gasteiger partial charge in [0.15, 0.2) is 5.96 Å². The van der Waals surface area contributed by atoms with Gasteiger partial charge in [0.05, 0.1) is 6.54 Å². The van der Waals surface area contributed by atoms with E-state index in [4.69, 9.17) is 0 Å². The first kappa shape index (κ1) is 17.5. The van der Waals surface area contributed by atoms with E-state index in [1.807, 2.05) is 7.05 Å². The number of rotatable bonds is 5. The fourth-order valence-corrected chi connectivity index (χ4v) is 2.92. The lowest BCUT2D eigenvalue weighted by molar-refractivity contribution is 0.665. The smallest absolute Gasteiger partial charge is 0.191 e. The SMILES string of the molecule is CN=C(NCCC1=CCCCC1)NCc1cccs1.I. The van der Waals surface area contributed by atoms with Crippen molar-refractivity contribution in [1.82, 2.24) is 10.6 Å². The molecular weight excluding hydrogens is 381 g/mol. The van der Waals surface area contributed by atoms with Crippen molar-refractivity contribution in [2.45, 2.75) is 38.6 Å². The largest absolute Gasteiger partial charge is 0.356 e. The maximum absolute atomic E-state index is 4.25. The van der Waals surface area contributed by atoms with Crippen molar-refractivity contribution >= 4 is 41.3 Å². The van der Waals surface area contributed by atoms with Crippen molar-refractivity contribution in [3.8, 4) is 0 Å². The molecule has 112 valence electrons. The number of thiophene rings is 1. The summed E-state index contributed by atoms with van der Waals surface area (Å²) in [5.41, 5.74) is 1.60. The molecule has 0 saturated heterocycles. The Morgan fingerprint density at radius 2 is 2.25 bits per heavy atom. The molecule has 1 aliphatic carbocycles. The van der Waals surface area contributed by atoms with Crippen LogP contribution in [0.25, 0.3) is 0 Å². The summed E-state index contributed by atoms with van der Waals surface area (Å²) in [5, 5.41) is 8.82. The van der Waals surface area contributed by atoms with E-state index in [9.17, 15) is 0 Å². The fraction of sp³-hybridized carbons (Fsp3) is 0.533. The minimum Gasteiger partial charge on any atom is -0.356 e. The molecule has 0 saturated carbocycles. The molecule has 3 nitrogen and oxygen atoms in total. The normalized spacial score (nSPS) is 15.2. The lowest BCUT2D eigenvalue weighted by Gasteiger charge is -2.15. The molecule has 0 atom stereocenters. The Bertz CT molecular complexity index is 426. The molecule has 0 bridgehead atoms. The van der Waals surface area contributed by atoms with E-state index in [0.29, 0.717) is 0 Å². The Morgan fingerprint density at radius 3 is 2.90 bits per heavy atom. The Balaban J connectivity index is 0.00000200. The van der Waals surface area contributed by atoms with Crippen LogP contribution in [-0.4, -0.2) is 19.6 Å². The van der Waals surface area contributed by atoms with Crippen LogP contribution in [0.15, 0.2) is 34.2 Å². The predicted octanol–water partition coefficient (Wildman–Crippen LogP) is 3.92. The van der Waals surface area contributed by atoms with E-state index in [-0.39, 0.29) is 24.0 Å². The zero-order valence-electron chi connectivity index (χ0n) is 12.0. The molecule has 1 aromatic rings. The Hall–Kier alpha value is -0.560. The third-order valence-corrected chi connectivity index (χ3v) is 4.23. The molecule has 2 N–H and O–H groups in total. The highest BCUT2D eigenvalue weighted by molar-refractivity contribution is 14.0. The summed E-state index contributed by atoms with van der Waals surface area (Å²) < 4.78 is 0. The number of nitrogens with one attached hydrogen (secondary N) is 2. The molecule has 0 spiro atoms. The standard InChI is InChI=1S/C15H23N3S.HI/c1-16-15(18-12-14-8-5-11-19-14)17-10-9-13-6-3-2-4-7-13;/h5-6,8,11H,2-4,7,9-10,12H2,1H3,(H2,16,17,18);1H. The highest BCUT2D eigenvalue weighted by atomic mass is 127. The van der Waals surface area contributed by atoms with Crippen molar-refractivity contribution in [1.29, 1.82) is 0 Å². The van der Waals surface area contributed by atoms with Crippen LogP contribution < -0.4 is 10.6 Å². The highest BCUT2D eigenvalue weighted by Gasteiger charge is 2.04. The maximum atomic E-state index is 4.25. The quantitative estimate of drug-likeness (QED) is 0.337. The molecule has 0 fully saturated rings. The number of allylic oxidation sites excluding steroid dienone is 1. The molecule has 1 aliphatic rings. The van der Waals surface area contributed by atoms with E-state index in [2.05, 4.69) is 39.2 Å².